The standard InChI is InChI=1S/C62H110N6O37/c1-30-41(76)43(78)35(25-69)97-58(30)104-55-46(81)38(28-72)100-62(56(55)105-60-50(85)47(82)42(77)31(2)95-60)102-53-40(64-32(3)74)59(98-36(26-70)44(53)79)103-54-45(80)37(27-71)99-61(51(54)86)101-52-39(29-73)96-57(49(84)48(52)83)68(33(4)75)24-34-23-67(66-65-34)6-8-88-10-12-90-14-16-92-18-20-94-22-21-93-19-17-91-15-13-89-11-9-87-7-5-63/h23,30-31,35-62,69-73,76-86H,5-22,24-29,63H2,1-4H3,(H,64,74)/t30-,31?,35?,36?,37?,38?,39-,40-,41+,42+,43-,44+,45-,46-,47-,48?,49?,50+,51-,52+,53+,54-,55-,56-,57?,58?,59?,60?,61?,62?/m0/s1. The molecule has 0 aliphatic carbocycles. The molecule has 43 heteroatoms. The maximum Gasteiger partial charge on any atom is 0.221 e. The summed E-state index contributed by atoms with van der Waals surface area (Å²) in [6, 6.07) is -1.87. The van der Waals surface area contributed by atoms with Crippen LogP contribution in [0.25, 0.3) is 0 Å². The van der Waals surface area contributed by atoms with Gasteiger partial charge in [0.25, 0.3) is 0 Å². The molecule has 6 saturated heterocycles. The fourth-order valence-corrected chi connectivity index (χ4v) is 12.2. The summed E-state index contributed by atoms with van der Waals surface area (Å²) in [6.45, 7) is 6.44. The van der Waals surface area contributed by atoms with E-state index in [1.165, 1.54) is 24.7 Å². The van der Waals surface area contributed by atoms with Crippen molar-refractivity contribution in [2.75, 3.05) is 145 Å². The molecule has 19 N–H and O–H groups in total. The Morgan fingerprint density at radius 1 is 0.438 bits per heavy atom. The minimum absolute atomic E-state index is 0.191. The zero-order valence-corrected chi connectivity index (χ0v) is 59.0. The van der Waals surface area contributed by atoms with Gasteiger partial charge in [0.1, 0.15) is 134 Å². The number of hydrogen-bond donors (Lipinski definition) is 18. The summed E-state index contributed by atoms with van der Waals surface area (Å²) in [5, 5.41) is 188. The summed E-state index contributed by atoms with van der Waals surface area (Å²) in [5.74, 6) is -2.73. The Morgan fingerprint density at radius 3 is 1.38 bits per heavy atom. The van der Waals surface area contributed by atoms with Crippen molar-refractivity contribution in [2.45, 2.75) is 219 Å². The van der Waals surface area contributed by atoms with Crippen LogP contribution in [0.1, 0.15) is 33.4 Å². The molecule has 6 fully saturated rings. The molecule has 7 rings (SSSR count). The van der Waals surface area contributed by atoms with Crippen molar-refractivity contribution >= 4 is 11.8 Å². The van der Waals surface area contributed by atoms with E-state index in [1.807, 2.05) is 0 Å². The maximum absolute atomic E-state index is 13.3. The molecule has 610 valence electrons. The van der Waals surface area contributed by atoms with Gasteiger partial charge in [0, 0.05) is 26.3 Å². The van der Waals surface area contributed by atoms with Gasteiger partial charge in [-0.3, -0.25) is 9.59 Å². The van der Waals surface area contributed by atoms with Crippen LogP contribution in [-0.2, 0) is 113 Å². The highest BCUT2D eigenvalue weighted by atomic mass is 16.8. The maximum atomic E-state index is 13.3. The van der Waals surface area contributed by atoms with Gasteiger partial charge < -0.3 is 188 Å². The fraction of sp³-hybridized carbons (Fsp3) is 0.935. The Balaban J connectivity index is 0.934. The lowest BCUT2D eigenvalue weighted by Crippen LogP contribution is -2.71. The first-order valence-corrected chi connectivity index (χ1v) is 34.9. The summed E-state index contributed by atoms with van der Waals surface area (Å²) in [5.41, 5.74) is 5.56. The van der Waals surface area contributed by atoms with E-state index in [0.717, 1.165) is 18.7 Å². The Morgan fingerprint density at radius 2 is 0.867 bits per heavy atom. The number of nitrogens with two attached hydrogens (primary N) is 1. The topological polar surface area (TPSA) is 605 Å². The molecule has 105 heavy (non-hydrogen) atoms. The molecule has 6 aliphatic rings. The van der Waals surface area contributed by atoms with Crippen molar-refractivity contribution in [3.8, 4) is 0 Å². The van der Waals surface area contributed by atoms with Crippen molar-refractivity contribution < 1.29 is 181 Å². The second kappa shape index (κ2) is 45.2. The number of rotatable bonds is 45. The predicted octanol–water partition coefficient (Wildman–Crippen LogP) is -11.9. The van der Waals surface area contributed by atoms with Gasteiger partial charge in [-0.1, -0.05) is 12.1 Å². The highest BCUT2D eigenvalue weighted by Crippen LogP contribution is 2.39. The highest BCUT2D eigenvalue weighted by Gasteiger charge is 2.59. The minimum atomic E-state index is -2.24. The molecule has 43 nitrogen and oxygen atoms in total. The summed E-state index contributed by atoms with van der Waals surface area (Å²) in [6.07, 6.45) is -50.8. The molecule has 1 aromatic rings. The first-order chi connectivity index (χ1) is 50.4. The number of carbonyl (C=O) groups excluding carboxylic acids is 2. The molecule has 0 bridgehead atoms. The van der Waals surface area contributed by atoms with Gasteiger partial charge in [-0.15, -0.1) is 5.10 Å². The van der Waals surface area contributed by atoms with Gasteiger partial charge in [-0.25, -0.2) is 4.68 Å². The average molecular weight is 1530 g/mol. The number of aliphatic hydroxyl groups excluding tert-OH is 16. The number of hydrogen-bond acceptors (Lipinski definition) is 40. The first-order valence-electron chi connectivity index (χ1n) is 34.9. The quantitative estimate of drug-likeness (QED) is 0.0270. The van der Waals surface area contributed by atoms with Crippen LogP contribution < -0.4 is 11.1 Å². The normalized spacial score (nSPS) is 38.3. The third-order valence-corrected chi connectivity index (χ3v) is 18.1. The van der Waals surface area contributed by atoms with Crippen molar-refractivity contribution in [1.29, 1.82) is 0 Å². The van der Waals surface area contributed by atoms with E-state index in [-0.39, 0.29) is 38.6 Å². The molecule has 0 spiro atoms. The van der Waals surface area contributed by atoms with E-state index in [2.05, 4.69) is 15.6 Å². The lowest BCUT2D eigenvalue weighted by molar-refractivity contribution is -0.402. The van der Waals surface area contributed by atoms with Gasteiger partial charge in [0.15, 0.2) is 37.7 Å². The summed E-state index contributed by atoms with van der Waals surface area (Å²) in [4.78, 5) is 27.5. The Hall–Kier alpha value is -3.36. The zero-order valence-electron chi connectivity index (χ0n) is 59.0. The molecule has 7 heterocycles. The van der Waals surface area contributed by atoms with E-state index in [4.69, 9.17) is 95.7 Å². The minimum Gasteiger partial charge on any atom is -0.394 e. The van der Waals surface area contributed by atoms with Gasteiger partial charge >= 0.3 is 0 Å². The SMILES string of the molecule is CC(=O)N[C@@H]1C(O[C@@H]2[C@H](O)C(O[C@H]3C(O)C(O)C(N(Cc4cn(CCOCCOCCOCCOCCOCCOCCOCCOCCN)nn4)C(C)=O)O[C@H]3CO)OC(CO)[C@@H]2O)OC(CO)[C@@H](O)[C@@H]1OC1OC(CO)[C@H](O)[C@H](OC2OC(CO)[C@H](O)[C@H](O)[C@@H]2C)[C@@H]1OC1OC(C)[C@@H](O)[C@H](O)[C@H]1O. The smallest absolute Gasteiger partial charge is 0.221 e. The van der Waals surface area contributed by atoms with Crippen molar-refractivity contribution in [1.82, 2.24) is 25.2 Å². The molecule has 1 aromatic heterocycles. The number of nitrogens with one attached hydrogen (secondary N) is 1. The van der Waals surface area contributed by atoms with Crippen LogP contribution in [0.4, 0.5) is 0 Å². The van der Waals surface area contributed by atoms with Gasteiger partial charge in [0.05, 0.1) is 170 Å². The van der Waals surface area contributed by atoms with Crippen LogP contribution in [0.15, 0.2) is 6.20 Å². The molecule has 0 saturated carbocycles. The van der Waals surface area contributed by atoms with E-state index < -0.39 is 229 Å². The molecule has 30 atom stereocenters. The monoisotopic (exact) mass is 1530 g/mol. The Kier molecular flexibility index (Phi) is 38.3. The van der Waals surface area contributed by atoms with E-state index >= 15 is 0 Å². The molecular weight excluding hydrogens is 1420 g/mol. The average Bonchev–Trinajstić information content (AvgIpc) is 1.77. The Bertz CT molecular complexity index is 2590. The number of nitrogens with zero attached hydrogens (tertiary/aromatic N) is 4. The number of ether oxygens (including phenoxy) is 19. The second-order valence-electron chi connectivity index (χ2n) is 25.7. The number of carbonyl (C=O) groups is 2. The van der Waals surface area contributed by atoms with Crippen molar-refractivity contribution in [3.05, 3.63) is 11.9 Å². The van der Waals surface area contributed by atoms with Gasteiger partial charge in [-0.05, 0) is 6.92 Å². The van der Waals surface area contributed by atoms with Crippen LogP contribution in [0, 0.1) is 5.92 Å². The Labute approximate surface area is 604 Å². The lowest BCUT2D eigenvalue weighted by Gasteiger charge is -2.52. The van der Waals surface area contributed by atoms with Gasteiger partial charge in [-0.2, -0.15) is 0 Å². The van der Waals surface area contributed by atoms with Crippen LogP contribution in [0.3, 0.4) is 0 Å². The van der Waals surface area contributed by atoms with Gasteiger partial charge in [0.2, 0.25) is 11.8 Å². The van der Waals surface area contributed by atoms with Crippen LogP contribution in [0.2, 0.25) is 0 Å². The summed E-state index contributed by atoms with van der Waals surface area (Å²) < 4.78 is 112. The molecule has 0 radical (unpaired) electrons. The summed E-state index contributed by atoms with van der Waals surface area (Å²) in [7, 11) is 0. The fourth-order valence-electron chi connectivity index (χ4n) is 12.2. The molecule has 2 amide bonds. The molecular formula is C62H110N6O37. The van der Waals surface area contributed by atoms with Crippen LogP contribution in [-0.4, -0.2) is 437 Å². The van der Waals surface area contributed by atoms with E-state index in [9.17, 15) is 91.3 Å². The summed E-state index contributed by atoms with van der Waals surface area (Å²) >= 11 is 0. The van der Waals surface area contributed by atoms with E-state index in [0.29, 0.717) is 92.4 Å². The van der Waals surface area contributed by atoms with E-state index in [1.54, 1.807) is 0 Å². The van der Waals surface area contributed by atoms with Crippen LogP contribution >= 0.6 is 0 Å². The van der Waals surface area contributed by atoms with Crippen molar-refractivity contribution in [2.24, 2.45) is 11.7 Å². The molecule has 0 aromatic carbocycles. The largest absolute Gasteiger partial charge is 0.394 e. The first kappa shape index (κ1) is 88.9. The van der Waals surface area contributed by atoms with Crippen LogP contribution in [0.5, 0.6) is 0 Å². The lowest BCUT2D eigenvalue weighted by atomic mass is 9.91. The zero-order chi connectivity index (χ0) is 76.4. The predicted molar refractivity (Wildman–Crippen MR) is 342 cm³/mol. The number of aromatic nitrogens is 3. The highest BCUT2D eigenvalue weighted by molar-refractivity contribution is 5.73. The third kappa shape index (κ3) is 24.8. The third-order valence-electron chi connectivity index (χ3n) is 18.1. The van der Waals surface area contributed by atoms with Crippen molar-refractivity contribution in [3.63, 3.8) is 0 Å². The number of aliphatic hydroxyl groups is 16. The molecule has 6 aliphatic heterocycles. The molecule has 13 unspecified atom stereocenters. The second-order valence-corrected chi connectivity index (χ2v) is 25.7. The number of amides is 2.